The molecule has 0 radical (unpaired) electrons. The van der Waals surface area contributed by atoms with Crippen LogP contribution in [0.3, 0.4) is 0 Å². The van der Waals surface area contributed by atoms with Gasteiger partial charge in [-0.15, -0.1) is 0 Å². The van der Waals surface area contributed by atoms with Gasteiger partial charge in [0.15, 0.2) is 9.84 Å². The smallest absolute Gasteiger partial charge is 0.237 e. The number of benzene rings is 1. The summed E-state index contributed by atoms with van der Waals surface area (Å²) in [6.07, 6.45) is 0. The maximum atomic E-state index is 12.9. The van der Waals surface area contributed by atoms with Gasteiger partial charge in [0.25, 0.3) is 0 Å². The molecule has 94 valence electrons. The third-order valence-corrected chi connectivity index (χ3v) is 3.97. The van der Waals surface area contributed by atoms with Crippen molar-refractivity contribution in [1.29, 1.82) is 0 Å². The highest BCUT2D eigenvalue weighted by atomic mass is 32.2. The molecule has 0 fully saturated rings. The van der Waals surface area contributed by atoms with Crippen molar-refractivity contribution in [2.75, 3.05) is 19.3 Å². The second-order valence-corrected chi connectivity index (χ2v) is 5.61. The molecule has 0 unspecified atom stereocenters. The zero-order valence-corrected chi connectivity index (χ0v) is 10.5. The molecule has 1 amide bonds. The molecule has 1 rings (SSSR count). The minimum Gasteiger partial charge on any atom is -0.345 e. The number of hydrogen-bond acceptors (Lipinski definition) is 3. The van der Waals surface area contributed by atoms with Crippen LogP contribution in [0.1, 0.15) is 6.92 Å². The largest absolute Gasteiger partial charge is 0.345 e. The van der Waals surface area contributed by atoms with Gasteiger partial charge < -0.3 is 4.90 Å². The van der Waals surface area contributed by atoms with E-state index in [1.54, 1.807) is 6.92 Å². The zero-order chi connectivity index (χ0) is 13.1. The molecule has 0 saturated carbocycles. The highest BCUT2D eigenvalue weighted by Crippen LogP contribution is 2.12. The summed E-state index contributed by atoms with van der Waals surface area (Å²) in [5, 5.41) is 0. The predicted molar refractivity (Wildman–Crippen MR) is 61.8 cm³/mol. The van der Waals surface area contributed by atoms with E-state index >= 15 is 0 Å². The molecule has 4 nitrogen and oxygen atoms in total. The Morgan fingerprint density at radius 1 is 1.41 bits per heavy atom. The molecule has 0 aromatic heterocycles. The number of carbonyl (C=O) groups excluding carboxylic acids is 1. The highest BCUT2D eigenvalue weighted by molar-refractivity contribution is 7.92. The van der Waals surface area contributed by atoms with Crippen LogP contribution >= 0.6 is 0 Å². The summed E-state index contributed by atoms with van der Waals surface area (Å²) in [7, 11) is -2.25. The van der Waals surface area contributed by atoms with Gasteiger partial charge in [-0.2, -0.15) is 0 Å². The van der Waals surface area contributed by atoms with Crippen molar-refractivity contribution in [3.8, 4) is 0 Å². The Morgan fingerprint density at radius 2 is 2.06 bits per heavy atom. The van der Waals surface area contributed by atoms with Crippen molar-refractivity contribution in [1.82, 2.24) is 4.90 Å². The number of amides is 1. The molecule has 1 aromatic rings. The minimum absolute atomic E-state index is 0.171. The quantitative estimate of drug-likeness (QED) is 0.813. The van der Waals surface area contributed by atoms with Crippen molar-refractivity contribution in [2.45, 2.75) is 11.8 Å². The number of sulfone groups is 1. The van der Waals surface area contributed by atoms with Crippen LogP contribution in [0, 0.1) is 5.82 Å². The van der Waals surface area contributed by atoms with Gasteiger partial charge in [0.1, 0.15) is 11.6 Å². The molecule has 0 bridgehead atoms. The lowest BCUT2D eigenvalue weighted by Crippen LogP contribution is -2.32. The SMILES string of the molecule is CCN(C)C(=O)CS(=O)(=O)c1cccc(F)c1. The first-order valence-corrected chi connectivity index (χ1v) is 6.74. The Hall–Kier alpha value is -1.43. The van der Waals surface area contributed by atoms with Crippen molar-refractivity contribution in [3.63, 3.8) is 0 Å². The standard InChI is InChI=1S/C11H14FNO3S/c1-3-13(2)11(14)8-17(15,16)10-6-4-5-9(12)7-10/h4-7H,3,8H2,1-2H3. The summed E-state index contributed by atoms with van der Waals surface area (Å²) in [5.74, 6) is -1.78. The molecular formula is C11H14FNO3S. The van der Waals surface area contributed by atoms with E-state index in [1.165, 1.54) is 24.1 Å². The second-order valence-electron chi connectivity index (χ2n) is 3.62. The molecular weight excluding hydrogens is 245 g/mol. The van der Waals surface area contributed by atoms with E-state index in [0.717, 1.165) is 12.1 Å². The maximum absolute atomic E-state index is 12.9. The van der Waals surface area contributed by atoms with Gasteiger partial charge in [0.2, 0.25) is 5.91 Å². The summed E-state index contributed by atoms with van der Waals surface area (Å²) in [6.45, 7) is 2.17. The van der Waals surface area contributed by atoms with Crippen molar-refractivity contribution < 1.29 is 17.6 Å². The van der Waals surface area contributed by atoms with E-state index in [1.807, 2.05) is 0 Å². The van der Waals surface area contributed by atoms with Crippen LogP contribution < -0.4 is 0 Å². The Bertz CT molecular complexity index is 513. The average Bonchev–Trinajstić information content (AvgIpc) is 2.27. The molecule has 1 aromatic carbocycles. The molecule has 0 saturated heterocycles. The Kier molecular flexibility index (Phi) is 4.22. The van der Waals surface area contributed by atoms with E-state index in [9.17, 15) is 17.6 Å². The number of halogens is 1. The number of hydrogen-bond donors (Lipinski definition) is 0. The summed E-state index contributed by atoms with van der Waals surface area (Å²) < 4.78 is 36.5. The first-order valence-electron chi connectivity index (χ1n) is 5.09. The topological polar surface area (TPSA) is 54.5 Å². The van der Waals surface area contributed by atoms with Crippen LogP contribution in [0.15, 0.2) is 29.2 Å². The normalized spacial score (nSPS) is 11.2. The number of nitrogens with zero attached hydrogens (tertiary/aromatic N) is 1. The summed E-state index contributed by atoms with van der Waals surface area (Å²) in [4.78, 5) is 12.6. The van der Waals surface area contributed by atoms with Crippen molar-refractivity contribution >= 4 is 15.7 Å². The van der Waals surface area contributed by atoms with E-state index < -0.39 is 27.3 Å². The highest BCUT2D eigenvalue weighted by Gasteiger charge is 2.21. The van der Waals surface area contributed by atoms with Gasteiger partial charge >= 0.3 is 0 Å². The maximum Gasteiger partial charge on any atom is 0.237 e. The lowest BCUT2D eigenvalue weighted by molar-refractivity contribution is -0.126. The van der Waals surface area contributed by atoms with Crippen LogP contribution in [-0.4, -0.2) is 38.6 Å². The van der Waals surface area contributed by atoms with Crippen LogP contribution in [0.5, 0.6) is 0 Å². The molecule has 0 aliphatic carbocycles. The fourth-order valence-corrected chi connectivity index (χ4v) is 2.48. The molecule has 0 aliphatic heterocycles. The van der Waals surface area contributed by atoms with E-state index in [0.29, 0.717) is 6.54 Å². The monoisotopic (exact) mass is 259 g/mol. The van der Waals surface area contributed by atoms with Crippen LogP contribution in [0.4, 0.5) is 4.39 Å². The Morgan fingerprint density at radius 3 is 2.59 bits per heavy atom. The molecule has 0 atom stereocenters. The first-order chi connectivity index (χ1) is 7.86. The lowest BCUT2D eigenvalue weighted by atomic mass is 10.4. The molecule has 0 aliphatic rings. The van der Waals surface area contributed by atoms with Crippen molar-refractivity contribution in [2.24, 2.45) is 0 Å². The fourth-order valence-electron chi connectivity index (χ4n) is 1.19. The molecule has 17 heavy (non-hydrogen) atoms. The van der Waals surface area contributed by atoms with E-state index in [4.69, 9.17) is 0 Å². The first kappa shape index (κ1) is 13.6. The van der Waals surface area contributed by atoms with Gasteiger partial charge in [0, 0.05) is 13.6 Å². The molecule has 0 spiro atoms. The Labute approximate surface area is 100.0 Å². The van der Waals surface area contributed by atoms with Gasteiger partial charge in [-0.05, 0) is 25.1 Å². The third kappa shape index (κ3) is 3.52. The van der Waals surface area contributed by atoms with Crippen LogP contribution in [0.25, 0.3) is 0 Å². The van der Waals surface area contributed by atoms with Gasteiger partial charge in [-0.25, -0.2) is 12.8 Å². The van der Waals surface area contributed by atoms with Crippen molar-refractivity contribution in [3.05, 3.63) is 30.1 Å². The summed E-state index contributed by atoms with van der Waals surface area (Å²) in [5.41, 5.74) is 0. The average molecular weight is 259 g/mol. The van der Waals surface area contributed by atoms with E-state index in [-0.39, 0.29) is 4.90 Å². The van der Waals surface area contributed by atoms with Gasteiger partial charge in [-0.3, -0.25) is 4.79 Å². The second kappa shape index (κ2) is 5.27. The lowest BCUT2D eigenvalue weighted by Gasteiger charge is -2.14. The fraction of sp³-hybridized carbons (Fsp3) is 0.364. The number of carbonyl (C=O) groups is 1. The van der Waals surface area contributed by atoms with Gasteiger partial charge in [-0.1, -0.05) is 6.07 Å². The number of rotatable bonds is 4. The molecule has 0 N–H and O–H groups in total. The van der Waals surface area contributed by atoms with Crippen LogP contribution in [0.2, 0.25) is 0 Å². The molecule has 6 heteroatoms. The molecule has 0 heterocycles. The van der Waals surface area contributed by atoms with E-state index in [2.05, 4.69) is 0 Å². The van der Waals surface area contributed by atoms with Crippen LogP contribution in [-0.2, 0) is 14.6 Å². The zero-order valence-electron chi connectivity index (χ0n) is 9.68. The predicted octanol–water partition coefficient (Wildman–Crippen LogP) is 1.08. The summed E-state index contributed by atoms with van der Waals surface area (Å²) in [6, 6.07) is 4.64. The van der Waals surface area contributed by atoms with Gasteiger partial charge in [0.05, 0.1) is 4.90 Å². The minimum atomic E-state index is -3.77. The third-order valence-electron chi connectivity index (χ3n) is 2.37. The summed E-state index contributed by atoms with van der Waals surface area (Å²) >= 11 is 0. The Balaban J connectivity index is 2.94.